The van der Waals surface area contributed by atoms with Gasteiger partial charge in [0.2, 0.25) is 5.95 Å². The molecule has 24 heavy (non-hydrogen) atoms. The van der Waals surface area contributed by atoms with Crippen LogP contribution in [0.25, 0.3) is 11.3 Å². The van der Waals surface area contributed by atoms with Crippen molar-refractivity contribution >= 4 is 5.95 Å². The van der Waals surface area contributed by atoms with Crippen molar-refractivity contribution in [3.05, 3.63) is 40.9 Å². The lowest BCUT2D eigenvalue weighted by atomic mass is 9.94. The van der Waals surface area contributed by atoms with E-state index in [1.54, 1.807) is 23.0 Å². The van der Waals surface area contributed by atoms with E-state index in [0.29, 0.717) is 12.0 Å². The van der Waals surface area contributed by atoms with Crippen molar-refractivity contribution in [2.45, 2.75) is 45.6 Å². The molecule has 1 saturated heterocycles. The number of piperidine rings is 1. The predicted molar refractivity (Wildman–Crippen MR) is 97.1 cm³/mol. The van der Waals surface area contributed by atoms with Gasteiger partial charge in [-0.2, -0.15) is 0 Å². The van der Waals surface area contributed by atoms with E-state index in [4.69, 9.17) is 4.98 Å². The van der Waals surface area contributed by atoms with Gasteiger partial charge in [-0.15, -0.1) is 0 Å². The molecule has 0 radical (unpaired) electrons. The van der Waals surface area contributed by atoms with Gasteiger partial charge in [-0.05, 0) is 43.7 Å². The highest BCUT2D eigenvalue weighted by atomic mass is 16.1. The van der Waals surface area contributed by atoms with Crippen molar-refractivity contribution in [1.82, 2.24) is 14.5 Å². The molecule has 3 rings (SSSR count). The fourth-order valence-electron chi connectivity index (χ4n) is 3.51. The first kappa shape index (κ1) is 16.7. The van der Waals surface area contributed by atoms with Gasteiger partial charge >= 0.3 is 0 Å². The Balaban J connectivity index is 2.02. The minimum Gasteiger partial charge on any atom is -0.339 e. The summed E-state index contributed by atoms with van der Waals surface area (Å²) in [6, 6.07) is 5.87. The van der Waals surface area contributed by atoms with Crippen LogP contribution in [-0.4, -0.2) is 27.1 Å². The lowest BCUT2D eigenvalue weighted by Gasteiger charge is -2.38. The maximum Gasteiger partial charge on any atom is 0.255 e. The van der Waals surface area contributed by atoms with E-state index in [2.05, 4.69) is 23.7 Å². The van der Waals surface area contributed by atoms with E-state index in [1.165, 1.54) is 12.8 Å². The average Bonchev–Trinajstić information content (AvgIpc) is 2.58. The summed E-state index contributed by atoms with van der Waals surface area (Å²) >= 11 is 0. The molecule has 1 aliphatic heterocycles. The monoisotopic (exact) mass is 326 g/mol. The van der Waals surface area contributed by atoms with Gasteiger partial charge in [0.1, 0.15) is 0 Å². The summed E-state index contributed by atoms with van der Waals surface area (Å²) in [7, 11) is 1.82. The Bertz CT molecular complexity index is 739. The quantitative estimate of drug-likeness (QED) is 0.865. The molecule has 128 valence electrons. The number of rotatable bonds is 4. The molecule has 1 fully saturated rings. The van der Waals surface area contributed by atoms with E-state index in [9.17, 15) is 4.79 Å². The van der Waals surface area contributed by atoms with Crippen LogP contribution in [0.15, 0.2) is 35.4 Å². The highest BCUT2D eigenvalue weighted by Crippen LogP contribution is 2.27. The first-order valence-corrected chi connectivity index (χ1v) is 8.81. The fraction of sp³-hybridized carbons (Fsp3) is 0.526. The van der Waals surface area contributed by atoms with E-state index in [1.807, 2.05) is 19.2 Å². The molecule has 0 bridgehead atoms. The summed E-state index contributed by atoms with van der Waals surface area (Å²) in [6.45, 7) is 5.48. The third-order valence-corrected chi connectivity index (χ3v) is 4.71. The molecule has 5 nitrogen and oxygen atoms in total. The standard InChI is InChI=1S/C19H26N4O/c1-14(2)12-16-6-4-5-11-23(16)19-21-17(13-18(24)22(19)3)15-7-9-20-10-8-15/h7-10,13-14,16H,4-6,11-12H2,1-3H3/t16-/m0/s1. The molecule has 0 amide bonds. The van der Waals surface area contributed by atoms with Crippen LogP contribution in [0.2, 0.25) is 0 Å². The summed E-state index contributed by atoms with van der Waals surface area (Å²) in [5, 5.41) is 0. The average molecular weight is 326 g/mol. The van der Waals surface area contributed by atoms with Gasteiger partial charge in [-0.25, -0.2) is 4.98 Å². The molecular weight excluding hydrogens is 300 g/mol. The molecule has 0 aromatic carbocycles. The Morgan fingerprint density at radius 2 is 2.00 bits per heavy atom. The lowest BCUT2D eigenvalue weighted by Crippen LogP contribution is -2.43. The molecule has 0 spiro atoms. The van der Waals surface area contributed by atoms with Crippen LogP contribution >= 0.6 is 0 Å². The van der Waals surface area contributed by atoms with Gasteiger partial charge in [-0.3, -0.25) is 14.3 Å². The maximum absolute atomic E-state index is 12.5. The largest absolute Gasteiger partial charge is 0.339 e. The normalized spacial score (nSPS) is 18.2. The third-order valence-electron chi connectivity index (χ3n) is 4.71. The van der Waals surface area contributed by atoms with Crippen LogP contribution < -0.4 is 10.5 Å². The number of pyridine rings is 1. The van der Waals surface area contributed by atoms with Crippen LogP contribution in [0.1, 0.15) is 39.5 Å². The second kappa shape index (κ2) is 7.16. The molecule has 0 unspecified atom stereocenters. The molecule has 0 N–H and O–H groups in total. The summed E-state index contributed by atoms with van der Waals surface area (Å²) in [5.74, 6) is 1.43. The van der Waals surface area contributed by atoms with Gasteiger partial charge in [-0.1, -0.05) is 13.8 Å². The zero-order valence-corrected chi connectivity index (χ0v) is 14.8. The van der Waals surface area contributed by atoms with Gasteiger partial charge in [0.25, 0.3) is 5.56 Å². The first-order chi connectivity index (χ1) is 11.6. The molecule has 2 aromatic heterocycles. The maximum atomic E-state index is 12.5. The number of hydrogen-bond acceptors (Lipinski definition) is 4. The molecule has 1 atom stereocenters. The summed E-state index contributed by atoms with van der Waals surface area (Å²) in [6.07, 6.45) is 8.19. The summed E-state index contributed by atoms with van der Waals surface area (Å²) in [4.78, 5) is 23.7. The van der Waals surface area contributed by atoms with E-state index in [-0.39, 0.29) is 5.56 Å². The number of aromatic nitrogens is 3. The minimum absolute atomic E-state index is 0.0133. The van der Waals surface area contributed by atoms with Crippen LogP contribution in [0.4, 0.5) is 5.95 Å². The van der Waals surface area contributed by atoms with Crippen LogP contribution in [-0.2, 0) is 7.05 Å². The zero-order chi connectivity index (χ0) is 17.1. The summed E-state index contributed by atoms with van der Waals surface area (Å²) in [5.41, 5.74) is 1.64. The molecule has 3 heterocycles. The first-order valence-electron chi connectivity index (χ1n) is 8.81. The number of anilines is 1. The van der Waals surface area contributed by atoms with Crippen LogP contribution in [0, 0.1) is 5.92 Å². The highest BCUT2D eigenvalue weighted by molar-refractivity contribution is 5.59. The van der Waals surface area contributed by atoms with Gasteiger partial charge in [0.15, 0.2) is 0 Å². The van der Waals surface area contributed by atoms with Gasteiger partial charge in [0, 0.05) is 43.7 Å². The molecule has 5 heteroatoms. The van der Waals surface area contributed by atoms with Crippen molar-refractivity contribution < 1.29 is 0 Å². The van der Waals surface area contributed by atoms with Crippen molar-refractivity contribution in [2.24, 2.45) is 13.0 Å². The third kappa shape index (κ3) is 3.50. The smallest absolute Gasteiger partial charge is 0.255 e. The topological polar surface area (TPSA) is 51.0 Å². The van der Waals surface area contributed by atoms with Crippen molar-refractivity contribution in [3.8, 4) is 11.3 Å². The van der Waals surface area contributed by atoms with Crippen LogP contribution in [0.5, 0.6) is 0 Å². The second-order valence-electron chi connectivity index (χ2n) is 7.05. The fourth-order valence-corrected chi connectivity index (χ4v) is 3.51. The second-order valence-corrected chi connectivity index (χ2v) is 7.05. The van der Waals surface area contributed by atoms with Crippen LogP contribution in [0.3, 0.4) is 0 Å². The van der Waals surface area contributed by atoms with Crippen molar-refractivity contribution in [2.75, 3.05) is 11.4 Å². The van der Waals surface area contributed by atoms with Crippen molar-refractivity contribution in [3.63, 3.8) is 0 Å². The number of hydrogen-bond donors (Lipinski definition) is 0. The molecule has 2 aromatic rings. The lowest BCUT2D eigenvalue weighted by molar-refractivity contribution is 0.385. The molecule has 1 aliphatic rings. The Hall–Kier alpha value is -2.17. The van der Waals surface area contributed by atoms with Crippen molar-refractivity contribution in [1.29, 1.82) is 0 Å². The minimum atomic E-state index is -0.0133. The number of nitrogens with zero attached hydrogens (tertiary/aromatic N) is 4. The SMILES string of the molecule is CC(C)C[C@@H]1CCCCN1c1nc(-c2ccncc2)cc(=O)n1C. The van der Waals surface area contributed by atoms with E-state index in [0.717, 1.165) is 36.6 Å². The van der Waals surface area contributed by atoms with Gasteiger partial charge in [0.05, 0.1) is 5.69 Å². The van der Waals surface area contributed by atoms with Gasteiger partial charge < -0.3 is 4.90 Å². The van der Waals surface area contributed by atoms with E-state index < -0.39 is 0 Å². The molecule has 0 aliphatic carbocycles. The highest BCUT2D eigenvalue weighted by Gasteiger charge is 2.26. The Morgan fingerprint density at radius 1 is 1.25 bits per heavy atom. The molecular formula is C19H26N4O. The Morgan fingerprint density at radius 3 is 2.71 bits per heavy atom. The Kier molecular flexibility index (Phi) is 4.97. The summed E-state index contributed by atoms with van der Waals surface area (Å²) < 4.78 is 1.68. The van der Waals surface area contributed by atoms with E-state index >= 15 is 0 Å². The predicted octanol–water partition coefficient (Wildman–Crippen LogP) is 3.25. The zero-order valence-electron chi connectivity index (χ0n) is 14.8. The Labute approximate surface area is 143 Å². The molecule has 0 saturated carbocycles.